The number of amides is 1. The molecule has 0 bridgehead atoms. The third kappa shape index (κ3) is 5.88. The Balaban J connectivity index is 1.58. The third-order valence-corrected chi connectivity index (χ3v) is 7.02. The van der Waals surface area contributed by atoms with Crippen molar-refractivity contribution in [1.29, 1.82) is 0 Å². The maximum atomic E-state index is 13.6. The molecule has 182 valence electrons. The molecule has 1 atom stereocenters. The van der Waals surface area contributed by atoms with Crippen LogP contribution in [0.25, 0.3) is 11.1 Å². The summed E-state index contributed by atoms with van der Waals surface area (Å²) in [5, 5.41) is 12.2. The molecule has 0 radical (unpaired) electrons. The number of carboxylic acid groups (broad SMARTS) is 1. The minimum Gasteiger partial charge on any atom is -0.495 e. The van der Waals surface area contributed by atoms with Crippen molar-refractivity contribution in [3.8, 4) is 16.9 Å². The zero-order valence-corrected chi connectivity index (χ0v) is 20.3. The number of nitrogens with one attached hydrogen (secondary N) is 1. The summed E-state index contributed by atoms with van der Waals surface area (Å²) in [7, 11) is 1.62. The molecule has 0 spiro atoms. The third-order valence-electron chi connectivity index (χ3n) is 7.02. The number of ether oxygens (including phenoxy) is 1. The Morgan fingerprint density at radius 3 is 2.51 bits per heavy atom. The Morgan fingerprint density at radius 1 is 1.09 bits per heavy atom. The molecule has 2 aromatic carbocycles. The second-order valence-electron chi connectivity index (χ2n) is 9.23. The van der Waals surface area contributed by atoms with Crippen LogP contribution in [0.15, 0.2) is 60.9 Å². The molecule has 6 heteroatoms. The molecular weight excluding hydrogens is 440 g/mol. The van der Waals surface area contributed by atoms with Crippen molar-refractivity contribution < 1.29 is 19.4 Å². The lowest BCUT2D eigenvalue weighted by Crippen LogP contribution is -2.27. The number of hydrogen-bond donors (Lipinski definition) is 2. The predicted molar refractivity (Wildman–Crippen MR) is 137 cm³/mol. The molecule has 1 fully saturated rings. The van der Waals surface area contributed by atoms with Gasteiger partial charge in [0.05, 0.1) is 19.2 Å². The summed E-state index contributed by atoms with van der Waals surface area (Å²) in [4.78, 5) is 28.9. The molecule has 1 amide bonds. The average Bonchev–Trinajstić information content (AvgIpc) is 3.39. The van der Waals surface area contributed by atoms with Crippen LogP contribution in [0, 0.1) is 12.8 Å². The minimum absolute atomic E-state index is 0.00817. The van der Waals surface area contributed by atoms with Crippen LogP contribution in [-0.4, -0.2) is 29.1 Å². The Kier molecular flexibility index (Phi) is 7.80. The summed E-state index contributed by atoms with van der Waals surface area (Å²) in [6.07, 6.45) is 8.36. The van der Waals surface area contributed by atoms with Crippen molar-refractivity contribution in [3.05, 3.63) is 77.6 Å². The number of carboxylic acids is 1. The Morgan fingerprint density at radius 2 is 1.83 bits per heavy atom. The van der Waals surface area contributed by atoms with Crippen molar-refractivity contribution in [2.75, 3.05) is 12.4 Å². The molecule has 1 heterocycles. The number of pyridine rings is 1. The molecule has 4 rings (SSSR count). The maximum absolute atomic E-state index is 13.6. The SMILES string of the molecule is COc1cncc(-c2ccc(C(C(=O)Nc3cccc(CCC(=O)O)c3C)C3CCCC3)cc2)c1. The maximum Gasteiger partial charge on any atom is 0.303 e. The molecule has 6 nitrogen and oxygen atoms in total. The van der Waals surface area contributed by atoms with Crippen LogP contribution in [0.5, 0.6) is 5.75 Å². The van der Waals surface area contributed by atoms with E-state index in [2.05, 4.69) is 10.3 Å². The van der Waals surface area contributed by atoms with E-state index in [0.29, 0.717) is 18.1 Å². The number of carbonyl (C=O) groups excluding carboxylic acids is 1. The molecule has 1 unspecified atom stereocenters. The van der Waals surface area contributed by atoms with Gasteiger partial charge in [-0.2, -0.15) is 0 Å². The fraction of sp³-hybridized carbons (Fsp3) is 0.345. The highest BCUT2D eigenvalue weighted by atomic mass is 16.5. The lowest BCUT2D eigenvalue weighted by atomic mass is 9.83. The van der Waals surface area contributed by atoms with Gasteiger partial charge in [0.25, 0.3) is 0 Å². The normalized spacial score (nSPS) is 14.5. The van der Waals surface area contributed by atoms with E-state index < -0.39 is 5.97 Å². The quantitative estimate of drug-likeness (QED) is 0.399. The van der Waals surface area contributed by atoms with Gasteiger partial charge in [-0.05, 0) is 66.5 Å². The summed E-state index contributed by atoms with van der Waals surface area (Å²) in [6, 6.07) is 15.8. The van der Waals surface area contributed by atoms with Crippen LogP contribution in [0.3, 0.4) is 0 Å². The summed E-state index contributed by atoms with van der Waals surface area (Å²) >= 11 is 0. The number of hydrogen-bond acceptors (Lipinski definition) is 4. The lowest BCUT2D eigenvalue weighted by Gasteiger charge is -2.24. The fourth-order valence-corrected chi connectivity index (χ4v) is 5.04. The van der Waals surface area contributed by atoms with E-state index in [1.54, 1.807) is 19.5 Å². The first-order valence-corrected chi connectivity index (χ1v) is 12.2. The Labute approximate surface area is 206 Å². The van der Waals surface area contributed by atoms with Gasteiger partial charge in [-0.25, -0.2) is 0 Å². The van der Waals surface area contributed by atoms with Gasteiger partial charge in [0.1, 0.15) is 5.75 Å². The highest BCUT2D eigenvalue weighted by molar-refractivity contribution is 5.97. The number of aliphatic carboxylic acids is 1. The first-order valence-electron chi connectivity index (χ1n) is 12.2. The van der Waals surface area contributed by atoms with Gasteiger partial charge in [-0.3, -0.25) is 14.6 Å². The van der Waals surface area contributed by atoms with Crippen molar-refractivity contribution >= 4 is 17.6 Å². The average molecular weight is 473 g/mol. The summed E-state index contributed by atoms with van der Waals surface area (Å²) in [6.45, 7) is 1.94. The van der Waals surface area contributed by atoms with Gasteiger partial charge >= 0.3 is 5.97 Å². The molecule has 3 aromatic rings. The molecule has 2 N–H and O–H groups in total. The molecule has 0 saturated heterocycles. The largest absolute Gasteiger partial charge is 0.495 e. The number of nitrogens with zero attached hydrogens (tertiary/aromatic N) is 1. The first-order chi connectivity index (χ1) is 17.0. The zero-order valence-electron chi connectivity index (χ0n) is 20.3. The van der Waals surface area contributed by atoms with Crippen LogP contribution >= 0.6 is 0 Å². The minimum atomic E-state index is -0.826. The number of aryl methyl sites for hydroxylation is 1. The van der Waals surface area contributed by atoms with E-state index in [1.807, 2.05) is 55.5 Å². The van der Waals surface area contributed by atoms with Crippen molar-refractivity contribution in [3.63, 3.8) is 0 Å². The van der Waals surface area contributed by atoms with Crippen molar-refractivity contribution in [1.82, 2.24) is 4.98 Å². The highest BCUT2D eigenvalue weighted by Gasteiger charge is 2.32. The highest BCUT2D eigenvalue weighted by Crippen LogP contribution is 2.39. The van der Waals surface area contributed by atoms with Crippen LogP contribution < -0.4 is 10.1 Å². The molecule has 1 aromatic heterocycles. The molecule has 1 aliphatic rings. The van der Waals surface area contributed by atoms with Crippen molar-refractivity contribution in [2.24, 2.45) is 5.92 Å². The smallest absolute Gasteiger partial charge is 0.303 e. The van der Waals surface area contributed by atoms with Gasteiger partial charge in [0.15, 0.2) is 0 Å². The van der Waals surface area contributed by atoms with Crippen molar-refractivity contribution in [2.45, 2.75) is 51.4 Å². The zero-order chi connectivity index (χ0) is 24.8. The number of rotatable bonds is 9. The van der Waals surface area contributed by atoms with E-state index >= 15 is 0 Å². The second kappa shape index (κ2) is 11.2. The lowest BCUT2D eigenvalue weighted by molar-refractivity contribution is -0.137. The van der Waals surface area contributed by atoms with Crippen LogP contribution in [0.4, 0.5) is 5.69 Å². The van der Waals surface area contributed by atoms with E-state index in [1.165, 1.54) is 0 Å². The van der Waals surface area contributed by atoms with Gasteiger partial charge in [-0.15, -0.1) is 0 Å². The summed E-state index contributed by atoms with van der Waals surface area (Å²) < 4.78 is 5.29. The van der Waals surface area contributed by atoms with E-state index in [-0.39, 0.29) is 18.2 Å². The van der Waals surface area contributed by atoms with E-state index in [4.69, 9.17) is 9.84 Å². The summed E-state index contributed by atoms with van der Waals surface area (Å²) in [5.41, 5.74) is 5.61. The Hall–Kier alpha value is -3.67. The number of methoxy groups -OCH3 is 1. The number of benzene rings is 2. The predicted octanol–water partition coefficient (Wildman–Crippen LogP) is 6.00. The number of aromatic nitrogens is 1. The van der Waals surface area contributed by atoms with Crippen LogP contribution in [-0.2, 0) is 16.0 Å². The van der Waals surface area contributed by atoms with E-state index in [0.717, 1.165) is 59.2 Å². The van der Waals surface area contributed by atoms with Crippen LogP contribution in [0.1, 0.15) is 54.7 Å². The Bertz CT molecular complexity index is 1180. The summed E-state index contributed by atoms with van der Waals surface area (Å²) in [5.74, 6) is -0.0675. The van der Waals surface area contributed by atoms with E-state index in [9.17, 15) is 9.59 Å². The molecule has 0 aliphatic heterocycles. The molecule has 35 heavy (non-hydrogen) atoms. The molecule has 1 aliphatic carbocycles. The standard InChI is InChI=1S/C29H32N2O4/c1-19-20(14-15-27(32)33)8-5-9-26(19)31-29(34)28(22-6-3-4-7-22)23-12-10-21(11-13-23)24-16-25(35-2)18-30-17-24/h5,8-13,16-18,22,28H,3-4,6-7,14-15H2,1-2H3,(H,31,34)(H,32,33). The molecular formula is C29H32N2O4. The number of carbonyl (C=O) groups is 2. The monoisotopic (exact) mass is 472 g/mol. The first kappa shape index (κ1) is 24.5. The van der Waals surface area contributed by atoms with Gasteiger partial charge in [-0.1, -0.05) is 49.2 Å². The van der Waals surface area contributed by atoms with Crippen LogP contribution in [0.2, 0.25) is 0 Å². The van der Waals surface area contributed by atoms with Gasteiger partial charge < -0.3 is 15.2 Å². The topological polar surface area (TPSA) is 88.5 Å². The fourth-order valence-electron chi connectivity index (χ4n) is 5.04. The van der Waals surface area contributed by atoms with Gasteiger partial charge in [0.2, 0.25) is 5.91 Å². The van der Waals surface area contributed by atoms with Gasteiger partial charge in [0, 0.05) is 23.9 Å². The second-order valence-corrected chi connectivity index (χ2v) is 9.23. The number of anilines is 1. The molecule has 1 saturated carbocycles.